The minimum Gasteiger partial charge on any atom is -0.497 e. The van der Waals surface area contributed by atoms with Gasteiger partial charge in [0, 0.05) is 5.75 Å². The molecule has 0 N–H and O–H groups in total. The largest absolute Gasteiger partial charge is 0.497 e. The third kappa shape index (κ3) is 4.29. The molecule has 0 unspecified atom stereocenters. The van der Waals surface area contributed by atoms with Gasteiger partial charge in [-0.25, -0.2) is 0 Å². The second-order valence-electron chi connectivity index (χ2n) is 4.69. The first-order valence-electron chi connectivity index (χ1n) is 7.15. The first-order valence-corrected chi connectivity index (χ1v) is 8.13. The Hall–Kier alpha value is -2.41. The predicted octanol–water partition coefficient (Wildman–Crippen LogP) is 3.10. The molecule has 1 aromatic carbocycles. The molecule has 0 fully saturated rings. The number of hydrogen-bond donors (Lipinski definition) is 0. The second-order valence-corrected chi connectivity index (χ2v) is 5.76. The van der Waals surface area contributed by atoms with Gasteiger partial charge in [-0.3, -0.25) is 0 Å². The molecule has 0 aliphatic rings. The van der Waals surface area contributed by atoms with Gasteiger partial charge in [-0.2, -0.15) is 0 Å². The number of aromatic nitrogens is 3. The van der Waals surface area contributed by atoms with Crippen LogP contribution in [0, 0.1) is 0 Å². The van der Waals surface area contributed by atoms with Gasteiger partial charge in [0.15, 0.2) is 5.16 Å². The molecule has 0 saturated carbocycles. The van der Waals surface area contributed by atoms with Crippen LogP contribution in [0.4, 0.5) is 0 Å². The second kappa shape index (κ2) is 7.73. The fourth-order valence-corrected chi connectivity index (χ4v) is 2.73. The van der Waals surface area contributed by atoms with E-state index in [9.17, 15) is 0 Å². The SMILES string of the molecule is COc1ccc(OCCSc2nncn2Cc2ccco2)cc1. The topological polar surface area (TPSA) is 62.3 Å². The minimum atomic E-state index is 0.588. The summed E-state index contributed by atoms with van der Waals surface area (Å²) in [6.45, 7) is 1.21. The molecule has 23 heavy (non-hydrogen) atoms. The van der Waals surface area contributed by atoms with Crippen molar-refractivity contribution < 1.29 is 13.9 Å². The lowest BCUT2D eigenvalue weighted by Crippen LogP contribution is -2.03. The van der Waals surface area contributed by atoms with E-state index >= 15 is 0 Å². The summed E-state index contributed by atoms with van der Waals surface area (Å²) < 4.78 is 18.1. The molecule has 0 bridgehead atoms. The maximum atomic E-state index is 5.70. The minimum absolute atomic E-state index is 0.588. The van der Waals surface area contributed by atoms with Gasteiger partial charge >= 0.3 is 0 Å². The van der Waals surface area contributed by atoms with Crippen LogP contribution in [0.1, 0.15) is 5.76 Å². The average Bonchev–Trinajstić information content (AvgIpc) is 3.25. The van der Waals surface area contributed by atoms with Crippen LogP contribution in [-0.4, -0.2) is 34.2 Å². The number of hydrogen-bond acceptors (Lipinski definition) is 6. The zero-order chi connectivity index (χ0) is 15.9. The lowest BCUT2D eigenvalue weighted by molar-refractivity contribution is 0.342. The molecule has 7 heteroatoms. The highest BCUT2D eigenvalue weighted by atomic mass is 32.2. The Balaban J connectivity index is 1.46. The average molecular weight is 331 g/mol. The summed E-state index contributed by atoms with van der Waals surface area (Å²) in [6.07, 6.45) is 3.37. The van der Waals surface area contributed by atoms with E-state index in [4.69, 9.17) is 13.9 Å². The number of nitrogens with zero attached hydrogens (tertiary/aromatic N) is 3. The highest BCUT2D eigenvalue weighted by Gasteiger charge is 2.07. The van der Waals surface area contributed by atoms with Crippen LogP contribution < -0.4 is 9.47 Å². The Morgan fingerprint density at radius 2 is 2.00 bits per heavy atom. The van der Waals surface area contributed by atoms with Gasteiger partial charge < -0.3 is 18.5 Å². The molecule has 6 nitrogen and oxygen atoms in total. The number of ether oxygens (including phenoxy) is 2. The predicted molar refractivity (Wildman–Crippen MR) is 87.0 cm³/mol. The summed E-state index contributed by atoms with van der Waals surface area (Å²) in [5.41, 5.74) is 0. The van der Waals surface area contributed by atoms with Crippen LogP contribution in [0.2, 0.25) is 0 Å². The van der Waals surface area contributed by atoms with Crippen molar-refractivity contribution in [2.75, 3.05) is 19.5 Å². The molecule has 120 valence electrons. The van der Waals surface area contributed by atoms with E-state index in [0.29, 0.717) is 13.2 Å². The van der Waals surface area contributed by atoms with E-state index in [1.54, 1.807) is 31.5 Å². The van der Waals surface area contributed by atoms with Crippen molar-refractivity contribution in [1.29, 1.82) is 0 Å². The Bertz CT molecular complexity index is 711. The number of thioether (sulfide) groups is 1. The Morgan fingerprint density at radius 3 is 2.74 bits per heavy atom. The normalized spacial score (nSPS) is 10.7. The zero-order valence-corrected chi connectivity index (χ0v) is 13.5. The van der Waals surface area contributed by atoms with Crippen molar-refractivity contribution in [3.05, 3.63) is 54.7 Å². The van der Waals surface area contributed by atoms with Crippen molar-refractivity contribution in [3.63, 3.8) is 0 Å². The maximum Gasteiger partial charge on any atom is 0.191 e. The lowest BCUT2D eigenvalue weighted by Gasteiger charge is -2.07. The number of methoxy groups -OCH3 is 1. The molecule has 0 aliphatic carbocycles. The molecule has 0 amide bonds. The molecular formula is C16H17N3O3S. The third-order valence-corrected chi connectivity index (χ3v) is 4.07. The van der Waals surface area contributed by atoms with Crippen LogP contribution in [0.3, 0.4) is 0 Å². The summed E-state index contributed by atoms with van der Waals surface area (Å²) in [5.74, 6) is 3.30. The smallest absolute Gasteiger partial charge is 0.191 e. The lowest BCUT2D eigenvalue weighted by atomic mass is 10.3. The summed E-state index contributed by atoms with van der Waals surface area (Å²) in [6, 6.07) is 11.3. The molecule has 0 atom stereocenters. The van der Waals surface area contributed by atoms with Gasteiger partial charge in [0.25, 0.3) is 0 Å². The number of furan rings is 1. The van der Waals surface area contributed by atoms with Gasteiger partial charge in [0.2, 0.25) is 0 Å². The Kier molecular flexibility index (Phi) is 5.21. The van der Waals surface area contributed by atoms with Gasteiger partial charge in [0.1, 0.15) is 23.6 Å². The zero-order valence-electron chi connectivity index (χ0n) is 12.7. The van der Waals surface area contributed by atoms with Crippen molar-refractivity contribution in [2.24, 2.45) is 0 Å². The van der Waals surface area contributed by atoms with Crippen LogP contribution in [0.15, 0.2) is 58.6 Å². The standard InChI is InChI=1S/C16H17N3O3S/c1-20-13-4-6-14(7-5-13)22-9-10-23-16-18-17-12-19(16)11-15-3-2-8-21-15/h2-8,12H,9-11H2,1H3. The van der Waals surface area contributed by atoms with Gasteiger partial charge in [-0.1, -0.05) is 11.8 Å². The quantitative estimate of drug-likeness (QED) is 0.467. The molecule has 3 rings (SSSR count). The monoisotopic (exact) mass is 331 g/mol. The molecule has 3 aromatic rings. The van der Waals surface area contributed by atoms with Crippen molar-refractivity contribution in [3.8, 4) is 11.5 Å². The first-order chi connectivity index (χ1) is 11.3. The molecule has 0 spiro atoms. The van der Waals surface area contributed by atoms with Gasteiger partial charge in [-0.05, 0) is 36.4 Å². The molecule has 2 aromatic heterocycles. The van der Waals surface area contributed by atoms with Gasteiger partial charge in [-0.15, -0.1) is 10.2 Å². The molecule has 0 saturated heterocycles. The Morgan fingerprint density at radius 1 is 1.17 bits per heavy atom. The Labute approximate surface area is 138 Å². The van der Waals surface area contributed by atoms with E-state index in [2.05, 4.69) is 10.2 Å². The van der Waals surface area contributed by atoms with E-state index in [-0.39, 0.29) is 0 Å². The summed E-state index contributed by atoms with van der Waals surface area (Å²) in [5, 5.41) is 8.93. The number of benzene rings is 1. The first kappa shape index (κ1) is 15.5. The summed E-state index contributed by atoms with van der Waals surface area (Å²) in [7, 11) is 1.64. The van der Waals surface area contributed by atoms with E-state index in [1.807, 2.05) is 41.0 Å². The van der Waals surface area contributed by atoms with E-state index in [1.165, 1.54) is 0 Å². The van der Waals surface area contributed by atoms with Crippen LogP contribution in [0.5, 0.6) is 11.5 Å². The van der Waals surface area contributed by atoms with Crippen LogP contribution >= 0.6 is 11.8 Å². The van der Waals surface area contributed by atoms with Crippen LogP contribution in [0.25, 0.3) is 0 Å². The molecule has 0 radical (unpaired) electrons. The fourth-order valence-electron chi connectivity index (χ4n) is 2.00. The molecular weight excluding hydrogens is 314 g/mol. The van der Waals surface area contributed by atoms with Crippen LogP contribution in [-0.2, 0) is 6.54 Å². The highest BCUT2D eigenvalue weighted by molar-refractivity contribution is 7.99. The van der Waals surface area contributed by atoms with Crippen molar-refractivity contribution >= 4 is 11.8 Å². The number of rotatable bonds is 8. The van der Waals surface area contributed by atoms with Crippen molar-refractivity contribution in [2.45, 2.75) is 11.7 Å². The fraction of sp³-hybridized carbons (Fsp3) is 0.250. The molecule has 0 aliphatic heterocycles. The van der Waals surface area contributed by atoms with Crippen molar-refractivity contribution in [1.82, 2.24) is 14.8 Å². The third-order valence-electron chi connectivity index (χ3n) is 3.13. The maximum absolute atomic E-state index is 5.70. The summed E-state index contributed by atoms with van der Waals surface area (Å²) >= 11 is 1.60. The molecule has 2 heterocycles. The van der Waals surface area contributed by atoms with Gasteiger partial charge in [0.05, 0.1) is 26.5 Å². The van der Waals surface area contributed by atoms with E-state index < -0.39 is 0 Å². The summed E-state index contributed by atoms with van der Waals surface area (Å²) in [4.78, 5) is 0. The highest BCUT2D eigenvalue weighted by Crippen LogP contribution is 2.19. The van der Waals surface area contributed by atoms with E-state index in [0.717, 1.165) is 28.2 Å².